The molecule has 0 bridgehead atoms. The largest absolute Gasteiger partial charge is 0.493 e. The highest BCUT2D eigenvalue weighted by Crippen LogP contribution is 2.34. The fourth-order valence-electron chi connectivity index (χ4n) is 2.88. The van der Waals surface area contributed by atoms with Crippen LogP contribution in [-0.4, -0.2) is 25.5 Å². The average molecular weight is 589 g/mol. The molecule has 7 nitrogen and oxygen atoms in total. The number of nitriles is 1. The molecule has 178 valence electrons. The summed E-state index contributed by atoms with van der Waals surface area (Å²) < 4.78 is 37.6. The molecule has 3 aromatic rings. The zero-order valence-electron chi connectivity index (χ0n) is 18.3. The van der Waals surface area contributed by atoms with E-state index >= 15 is 0 Å². The third kappa shape index (κ3) is 7.25. The van der Waals surface area contributed by atoms with Gasteiger partial charge in [-0.2, -0.15) is 5.26 Å². The first-order valence-electron chi connectivity index (χ1n) is 10.0. The molecule has 0 aliphatic heterocycles. The standard InChI is InChI=1S/C25H18F2IN3O4/c1-34-22-12-15(10-16(13-29)25(33)31-20-8-4-18(27)5-9-20)11-21(28)24(22)35-14-23(32)30-19-6-2-17(26)3-7-19/h2-12H,14H2,1H3,(H,30,32)(H,31,33)/b16-10+. The Morgan fingerprint density at radius 2 is 1.57 bits per heavy atom. The number of rotatable bonds is 8. The summed E-state index contributed by atoms with van der Waals surface area (Å²) >= 11 is 1.98. The van der Waals surface area contributed by atoms with E-state index in [4.69, 9.17) is 9.47 Å². The normalized spacial score (nSPS) is 10.8. The maximum atomic E-state index is 13.1. The number of nitrogens with zero attached hydrogens (tertiary/aromatic N) is 1. The lowest BCUT2D eigenvalue weighted by Gasteiger charge is -2.14. The van der Waals surface area contributed by atoms with Crippen LogP contribution in [0.25, 0.3) is 6.08 Å². The van der Waals surface area contributed by atoms with E-state index in [1.807, 2.05) is 28.7 Å². The van der Waals surface area contributed by atoms with Gasteiger partial charge in [-0.15, -0.1) is 0 Å². The van der Waals surface area contributed by atoms with Crippen LogP contribution in [0.15, 0.2) is 66.2 Å². The van der Waals surface area contributed by atoms with Gasteiger partial charge in [0, 0.05) is 11.4 Å². The molecule has 0 aliphatic rings. The SMILES string of the molecule is COc1cc(/C=C(\C#N)C(=O)Nc2ccc(F)cc2)cc(I)c1OCC(=O)Nc1ccc(F)cc1. The van der Waals surface area contributed by atoms with Gasteiger partial charge >= 0.3 is 0 Å². The highest BCUT2D eigenvalue weighted by molar-refractivity contribution is 14.1. The zero-order chi connectivity index (χ0) is 25.4. The second kappa shape index (κ2) is 11.9. The van der Waals surface area contributed by atoms with Crippen LogP contribution in [-0.2, 0) is 9.59 Å². The van der Waals surface area contributed by atoms with Gasteiger partial charge < -0.3 is 20.1 Å². The molecule has 0 saturated carbocycles. The van der Waals surface area contributed by atoms with Gasteiger partial charge in [0.2, 0.25) is 0 Å². The van der Waals surface area contributed by atoms with E-state index in [2.05, 4.69) is 10.6 Å². The summed E-state index contributed by atoms with van der Waals surface area (Å²) in [5.74, 6) is -1.40. The molecule has 0 radical (unpaired) electrons. The minimum atomic E-state index is -0.661. The van der Waals surface area contributed by atoms with Gasteiger partial charge in [-0.25, -0.2) is 8.78 Å². The Hall–Kier alpha value is -3.98. The quantitative estimate of drug-likeness (QED) is 0.215. The predicted octanol–water partition coefficient (Wildman–Crippen LogP) is 5.14. The summed E-state index contributed by atoms with van der Waals surface area (Å²) in [5, 5.41) is 14.6. The lowest BCUT2D eigenvalue weighted by molar-refractivity contribution is -0.118. The van der Waals surface area contributed by atoms with E-state index in [9.17, 15) is 23.6 Å². The molecule has 0 spiro atoms. The van der Waals surface area contributed by atoms with Crippen LogP contribution in [0.5, 0.6) is 11.5 Å². The molecule has 10 heteroatoms. The van der Waals surface area contributed by atoms with E-state index in [-0.39, 0.29) is 17.9 Å². The monoisotopic (exact) mass is 589 g/mol. The molecule has 0 fully saturated rings. The van der Waals surface area contributed by atoms with Crippen molar-refractivity contribution in [3.05, 3.63) is 87.0 Å². The van der Waals surface area contributed by atoms with Crippen LogP contribution in [0, 0.1) is 26.5 Å². The Bertz CT molecular complexity index is 1300. The number of methoxy groups -OCH3 is 1. The number of amides is 2. The Labute approximate surface area is 213 Å². The molecule has 0 aliphatic carbocycles. The first-order valence-corrected chi connectivity index (χ1v) is 11.1. The Morgan fingerprint density at radius 1 is 1.00 bits per heavy atom. The van der Waals surface area contributed by atoms with Crippen molar-refractivity contribution in [2.45, 2.75) is 0 Å². The van der Waals surface area contributed by atoms with Crippen molar-refractivity contribution in [3.63, 3.8) is 0 Å². The smallest absolute Gasteiger partial charge is 0.266 e. The summed E-state index contributed by atoms with van der Waals surface area (Å²) in [6.45, 7) is -0.331. The van der Waals surface area contributed by atoms with Crippen molar-refractivity contribution in [2.75, 3.05) is 24.4 Å². The summed E-state index contributed by atoms with van der Waals surface area (Å²) in [5.41, 5.74) is 1.07. The molecule has 0 heterocycles. The van der Waals surface area contributed by atoms with Crippen LogP contribution in [0.2, 0.25) is 0 Å². The second-order valence-corrected chi connectivity index (χ2v) is 8.17. The van der Waals surface area contributed by atoms with E-state index in [0.29, 0.717) is 26.3 Å². The third-order valence-corrected chi connectivity index (χ3v) is 5.31. The Morgan fingerprint density at radius 3 is 2.11 bits per heavy atom. The Kier molecular flexibility index (Phi) is 8.74. The van der Waals surface area contributed by atoms with Crippen molar-refractivity contribution in [3.8, 4) is 17.6 Å². The molecule has 3 rings (SSSR count). The van der Waals surface area contributed by atoms with Crippen LogP contribution in [0.4, 0.5) is 20.2 Å². The van der Waals surface area contributed by atoms with E-state index < -0.39 is 23.4 Å². The number of halogens is 3. The molecule has 2 N–H and O–H groups in total. The maximum absolute atomic E-state index is 13.1. The first-order chi connectivity index (χ1) is 16.8. The highest BCUT2D eigenvalue weighted by Gasteiger charge is 2.15. The van der Waals surface area contributed by atoms with Gasteiger partial charge in [-0.05, 0) is 94.9 Å². The fraction of sp³-hybridized carbons (Fsp3) is 0.0800. The van der Waals surface area contributed by atoms with E-state index in [0.717, 1.165) is 0 Å². The topological polar surface area (TPSA) is 100 Å². The van der Waals surface area contributed by atoms with E-state index in [1.165, 1.54) is 61.7 Å². The third-order valence-electron chi connectivity index (χ3n) is 4.51. The Balaban J connectivity index is 1.72. The number of carbonyl (C=O) groups excluding carboxylic acids is 2. The van der Waals surface area contributed by atoms with Gasteiger partial charge in [0.25, 0.3) is 11.8 Å². The van der Waals surface area contributed by atoms with Crippen molar-refractivity contribution < 1.29 is 27.8 Å². The minimum absolute atomic E-state index is 0.181. The van der Waals surface area contributed by atoms with E-state index in [1.54, 1.807) is 12.1 Å². The lowest BCUT2D eigenvalue weighted by atomic mass is 10.1. The lowest BCUT2D eigenvalue weighted by Crippen LogP contribution is -2.20. The first kappa shape index (κ1) is 25.6. The molecule has 2 amide bonds. The summed E-state index contributed by atoms with van der Waals surface area (Å²) in [6, 6.07) is 15.5. The van der Waals surface area contributed by atoms with Crippen LogP contribution in [0.3, 0.4) is 0 Å². The number of anilines is 2. The van der Waals surface area contributed by atoms with Gasteiger partial charge in [0.15, 0.2) is 18.1 Å². The fourth-order valence-corrected chi connectivity index (χ4v) is 3.66. The molecule has 0 aromatic heterocycles. The van der Waals surface area contributed by atoms with Gasteiger partial charge in [0.1, 0.15) is 23.3 Å². The predicted molar refractivity (Wildman–Crippen MR) is 135 cm³/mol. The van der Waals surface area contributed by atoms with Crippen molar-refractivity contribution in [1.29, 1.82) is 5.26 Å². The van der Waals surface area contributed by atoms with Crippen molar-refractivity contribution >= 4 is 51.9 Å². The average Bonchev–Trinajstić information content (AvgIpc) is 2.84. The molecule has 0 saturated heterocycles. The molecular formula is C25H18F2IN3O4. The van der Waals surface area contributed by atoms with Crippen LogP contribution < -0.4 is 20.1 Å². The maximum Gasteiger partial charge on any atom is 0.266 e. The van der Waals surface area contributed by atoms with Crippen molar-refractivity contribution in [1.82, 2.24) is 0 Å². The van der Waals surface area contributed by atoms with Gasteiger partial charge in [-0.3, -0.25) is 9.59 Å². The number of hydrogen-bond donors (Lipinski definition) is 2. The van der Waals surface area contributed by atoms with Gasteiger partial charge in [0.05, 0.1) is 10.7 Å². The molecule has 0 atom stereocenters. The number of benzene rings is 3. The number of hydrogen-bond acceptors (Lipinski definition) is 5. The number of carbonyl (C=O) groups is 2. The van der Waals surface area contributed by atoms with Gasteiger partial charge in [-0.1, -0.05) is 0 Å². The van der Waals surface area contributed by atoms with Crippen LogP contribution in [0.1, 0.15) is 5.56 Å². The second-order valence-electron chi connectivity index (χ2n) is 7.01. The molecule has 3 aromatic carbocycles. The number of ether oxygens (including phenoxy) is 2. The van der Waals surface area contributed by atoms with Crippen molar-refractivity contribution in [2.24, 2.45) is 0 Å². The summed E-state index contributed by atoms with van der Waals surface area (Å²) in [6.07, 6.45) is 1.37. The van der Waals surface area contributed by atoms with Crippen LogP contribution >= 0.6 is 22.6 Å². The molecule has 35 heavy (non-hydrogen) atoms. The zero-order valence-corrected chi connectivity index (χ0v) is 20.4. The number of nitrogens with one attached hydrogen (secondary N) is 2. The summed E-state index contributed by atoms with van der Waals surface area (Å²) in [4.78, 5) is 24.7. The molecule has 0 unspecified atom stereocenters. The summed E-state index contributed by atoms with van der Waals surface area (Å²) in [7, 11) is 1.41. The minimum Gasteiger partial charge on any atom is -0.493 e. The highest BCUT2D eigenvalue weighted by atomic mass is 127. The molecular weight excluding hydrogens is 571 g/mol.